The number of amides is 2. The molecule has 2 fully saturated rings. The van der Waals surface area contributed by atoms with Gasteiger partial charge in [0.25, 0.3) is 5.24 Å². The van der Waals surface area contributed by atoms with Crippen LogP contribution >= 0.6 is 11.8 Å². The van der Waals surface area contributed by atoms with Gasteiger partial charge in [-0.3, -0.25) is 4.79 Å². The van der Waals surface area contributed by atoms with Gasteiger partial charge in [-0.15, -0.1) is 0 Å². The molecule has 1 N–H and O–H groups in total. The Morgan fingerprint density at radius 3 is 2.66 bits per heavy atom. The molecule has 2 amide bonds. The summed E-state index contributed by atoms with van der Waals surface area (Å²) >= 11 is 1.29. The lowest BCUT2D eigenvalue weighted by molar-refractivity contribution is -0.294. The Labute approximate surface area is 211 Å². The van der Waals surface area contributed by atoms with Crippen molar-refractivity contribution in [3.05, 3.63) is 42.0 Å². The molecular formula is C26H36N2O6S. The number of methoxy groups -OCH3 is 2. The first-order valence-electron chi connectivity index (χ1n) is 12.4. The van der Waals surface area contributed by atoms with Gasteiger partial charge >= 0.3 is 6.09 Å². The van der Waals surface area contributed by atoms with E-state index in [2.05, 4.69) is 17.5 Å². The second-order valence-electron chi connectivity index (χ2n) is 9.29. The maximum atomic E-state index is 12.9. The molecule has 1 unspecified atom stereocenters. The van der Waals surface area contributed by atoms with E-state index >= 15 is 0 Å². The second kappa shape index (κ2) is 12.1. The number of carbonyl (C=O) groups excluding carboxylic acids is 2. The average molecular weight is 505 g/mol. The highest BCUT2D eigenvalue weighted by atomic mass is 32.2. The highest BCUT2D eigenvalue weighted by Gasteiger charge is 2.53. The molecule has 4 rings (SSSR count). The minimum absolute atomic E-state index is 0.00386. The number of ether oxygens (including phenoxy) is 4. The largest absolute Gasteiger partial charge is 0.497 e. The molecule has 0 aliphatic carbocycles. The minimum Gasteiger partial charge on any atom is -0.497 e. The lowest BCUT2D eigenvalue weighted by atomic mass is 9.89. The van der Waals surface area contributed by atoms with E-state index in [0.29, 0.717) is 31.7 Å². The molecule has 0 aromatic heterocycles. The van der Waals surface area contributed by atoms with E-state index in [1.807, 2.05) is 29.2 Å². The predicted octanol–water partition coefficient (Wildman–Crippen LogP) is 4.87. The minimum atomic E-state index is -1.01. The summed E-state index contributed by atoms with van der Waals surface area (Å²) in [5, 5.41) is 3.04. The first-order valence-corrected chi connectivity index (χ1v) is 13.4. The fourth-order valence-corrected chi connectivity index (χ4v) is 6.17. The Bertz CT molecular complexity index is 894. The van der Waals surface area contributed by atoms with Gasteiger partial charge in [0.15, 0.2) is 5.79 Å². The number of benzene rings is 1. The van der Waals surface area contributed by atoms with E-state index in [1.54, 1.807) is 14.2 Å². The highest BCUT2D eigenvalue weighted by molar-refractivity contribution is 8.13. The van der Waals surface area contributed by atoms with E-state index in [9.17, 15) is 9.59 Å². The van der Waals surface area contributed by atoms with Gasteiger partial charge in [-0.1, -0.05) is 36.0 Å². The lowest BCUT2D eigenvalue weighted by Gasteiger charge is -2.48. The Kier molecular flexibility index (Phi) is 8.97. The van der Waals surface area contributed by atoms with Crippen molar-refractivity contribution in [2.75, 3.05) is 26.6 Å². The van der Waals surface area contributed by atoms with Crippen molar-refractivity contribution in [1.82, 2.24) is 10.2 Å². The number of rotatable bonds is 5. The Morgan fingerprint density at radius 1 is 1.14 bits per heavy atom. The molecule has 8 nitrogen and oxygen atoms in total. The highest BCUT2D eigenvalue weighted by Crippen LogP contribution is 2.42. The number of hydrogen-bond acceptors (Lipinski definition) is 7. The summed E-state index contributed by atoms with van der Waals surface area (Å²) in [5.41, 5.74) is 1.00. The Morgan fingerprint density at radius 2 is 1.91 bits per heavy atom. The predicted molar refractivity (Wildman–Crippen MR) is 135 cm³/mol. The topological polar surface area (TPSA) is 86.3 Å². The van der Waals surface area contributed by atoms with Gasteiger partial charge in [0.1, 0.15) is 5.75 Å². The maximum Gasteiger partial charge on any atom is 0.407 e. The van der Waals surface area contributed by atoms with Crippen molar-refractivity contribution in [2.45, 2.75) is 75.5 Å². The molecule has 3 aliphatic rings. The molecule has 0 radical (unpaired) electrons. The molecule has 4 atom stereocenters. The SMILES string of the molecule is COc1ccc(CN2C(=O)SC[C@@H]2[C@@]2(OC)C[C@H]3CC(CCCC=CCCCOC(=O)N3)O2)cc1. The smallest absolute Gasteiger partial charge is 0.407 e. The van der Waals surface area contributed by atoms with E-state index in [1.165, 1.54) is 11.8 Å². The van der Waals surface area contributed by atoms with Gasteiger partial charge in [-0.05, 0) is 56.2 Å². The molecule has 1 aromatic carbocycles. The van der Waals surface area contributed by atoms with Crippen molar-refractivity contribution in [2.24, 2.45) is 0 Å². The van der Waals surface area contributed by atoms with Gasteiger partial charge in [-0.2, -0.15) is 0 Å². The summed E-state index contributed by atoms with van der Waals surface area (Å²) in [4.78, 5) is 27.3. The monoisotopic (exact) mass is 504 g/mol. The van der Waals surface area contributed by atoms with Gasteiger partial charge in [0, 0.05) is 31.9 Å². The summed E-state index contributed by atoms with van der Waals surface area (Å²) in [5.74, 6) is 0.323. The van der Waals surface area contributed by atoms with Crippen LogP contribution in [0.25, 0.3) is 0 Å². The molecule has 2 bridgehead atoms. The maximum absolute atomic E-state index is 12.9. The van der Waals surface area contributed by atoms with Gasteiger partial charge in [0.05, 0.1) is 25.9 Å². The fourth-order valence-electron chi connectivity index (χ4n) is 5.08. The van der Waals surface area contributed by atoms with Crippen molar-refractivity contribution in [1.29, 1.82) is 0 Å². The molecule has 9 heteroatoms. The van der Waals surface area contributed by atoms with E-state index in [-0.39, 0.29) is 23.4 Å². The first-order chi connectivity index (χ1) is 17.0. The third-order valence-electron chi connectivity index (χ3n) is 6.92. The van der Waals surface area contributed by atoms with Crippen LogP contribution in [0, 0.1) is 0 Å². The third kappa shape index (κ3) is 6.51. The molecule has 0 spiro atoms. The van der Waals surface area contributed by atoms with Crippen LogP contribution in [0.4, 0.5) is 9.59 Å². The summed E-state index contributed by atoms with van der Waals surface area (Å²) in [6.45, 7) is 0.839. The number of allylic oxidation sites excluding steroid dienone is 2. The number of nitrogens with one attached hydrogen (secondary N) is 1. The van der Waals surface area contributed by atoms with Gasteiger partial charge in [-0.25, -0.2) is 4.79 Å². The van der Waals surface area contributed by atoms with Crippen molar-refractivity contribution >= 4 is 23.1 Å². The fraction of sp³-hybridized carbons (Fsp3) is 0.615. The molecule has 2 saturated heterocycles. The number of fused-ring (bicyclic) bond motifs is 2. The number of alkyl carbamates (subject to hydrolysis) is 1. The van der Waals surface area contributed by atoms with Crippen LogP contribution in [0.5, 0.6) is 5.75 Å². The van der Waals surface area contributed by atoms with Crippen molar-refractivity contribution in [3.63, 3.8) is 0 Å². The van der Waals surface area contributed by atoms with Crippen molar-refractivity contribution < 1.29 is 28.5 Å². The van der Waals surface area contributed by atoms with Gasteiger partial charge < -0.3 is 29.2 Å². The average Bonchev–Trinajstić information content (AvgIpc) is 3.23. The van der Waals surface area contributed by atoms with Crippen LogP contribution < -0.4 is 10.1 Å². The molecule has 3 heterocycles. The molecular weight excluding hydrogens is 468 g/mol. The first kappa shape index (κ1) is 25.9. The van der Waals surface area contributed by atoms with Crippen LogP contribution in [-0.2, 0) is 20.8 Å². The molecule has 3 aliphatic heterocycles. The zero-order valence-electron chi connectivity index (χ0n) is 20.6. The molecule has 192 valence electrons. The Hall–Kier alpha value is -2.23. The van der Waals surface area contributed by atoms with E-state index in [0.717, 1.165) is 43.4 Å². The van der Waals surface area contributed by atoms with Crippen LogP contribution in [0.3, 0.4) is 0 Å². The summed E-state index contributed by atoms with van der Waals surface area (Å²) in [6.07, 6.45) is 9.53. The van der Waals surface area contributed by atoms with Crippen LogP contribution in [0.15, 0.2) is 36.4 Å². The van der Waals surface area contributed by atoms with Crippen molar-refractivity contribution in [3.8, 4) is 5.75 Å². The molecule has 35 heavy (non-hydrogen) atoms. The number of hydrogen-bond donors (Lipinski definition) is 1. The second-order valence-corrected chi connectivity index (χ2v) is 10.3. The molecule has 1 aromatic rings. The summed E-state index contributed by atoms with van der Waals surface area (Å²) < 4.78 is 23.4. The summed E-state index contributed by atoms with van der Waals surface area (Å²) in [7, 11) is 3.27. The van der Waals surface area contributed by atoms with Crippen LogP contribution in [0.1, 0.15) is 50.5 Å². The lowest BCUT2D eigenvalue weighted by Crippen LogP contribution is -2.62. The van der Waals surface area contributed by atoms with Crippen LogP contribution in [-0.4, -0.2) is 66.8 Å². The number of carbonyl (C=O) groups is 2. The number of thioether (sulfide) groups is 1. The number of cyclic esters (lactones) is 1. The van der Waals surface area contributed by atoms with E-state index in [4.69, 9.17) is 18.9 Å². The Balaban J connectivity index is 1.55. The van der Waals surface area contributed by atoms with Crippen LogP contribution in [0.2, 0.25) is 0 Å². The zero-order valence-corrected chi connectivity index (χ0v) is 21.4. The zero-order chi connectivity index (χ0) is 24.7. The van der Waals surface area contributed by atoms with E-state index < -0.39 is 11.9 Å². The normalized spacial score (nSPS) is 30.3. The standard InChI is InChI=1S/C26H36N2O6S/c1-31-21-12-10-19(11-13-21)17-28-23(18-35-25(28)30)26(32-2)16-20-15-22(34-26)9-7-5-3-4-6-8-14-33-24(29)27-20/h3-4,10-13,20,22-23H,5-9,14-18H2,1-2H3,(H,27,29)/t20-,22?,23-,26-/m1/s1. The third-order valence-corrected chi connectivity index (χ3v) is 7.88. The molecule has 0 saturated carbocycles. The summed E-state index contributed by atoms with van der Waals surface area (Å²) in [6, 6.07) is 7.28. The number of nitrogens with zero attached hydrogens (tertiary/aromatic N) is 1. The quantitative estimate of drug-likeness (QED) is 0.573. The van der Waals surface area contributed by atoms with Gasteiger partial charge in [0.2, 0.25) is 0 Å².